The van der Waals surface area contributed by atoms with Crippen LogP contribution in [0, 0.1) is 0 Å². The van der Waals surface area contributed by atoms with Gasteiger partial charge in [0.2, 0.25) is 0 Å². The maximum absolute atomic E-state index is 10.6. The van der Waals surface area contributed by atoms with Gasteiger partial charge in [-0.15, -0.1) is 0 Å². The summed E-state index contributed by atoms with van der Waals surface area (Å²) in [5.41, 5.74) is 2.23. The molecule has 0 aliphatic carbocycles. The molecule has 2 aromatic rings. The van der Waals surface area contributed by atoms with Gasteiger partial charge in [-0.1, -0.05) is 36.4 Å². The molecule has 0 saturated heterocycles. The van der Waals surface area contributed by atoms with Gasteiger partial charge in [0.15, 0.2) is 11.5 Å². The van der Waals surface area contributed by atoms with Crippen LogP contribution in [0.4, 0.5) is 0 Å². The zero-order valence-electron chi connectivity index (χ0n) is 11.4. The third-order valence-corrected chi connectivity index (χ3v) is 3.21. The van der Waals surface area contributed by atoms with Gasteiger partial charge in [-0.25, -0.2) is 4.79 Å². The van der Waals surface area contributed by atoms with Crippen molar-refractivity contribution in [1.82, 2.24) is 0 Å². The van der Waals surface area contributed by atoms with Gasteiger partial charge in [-0.05, 0) is 36.1 Å². The number of aryl methyl sites for hydroxylation is 1. The van der Waals surface area contributed by atoms with E-state index in [2.05, 4.69) is 0 Å². The van der Waals surface area contributed by atoms with E-state index < -0.39 is 5.97 Å². The molecule has 0 unspecified atom stereocenters. The van der Waals surface area contributed by atoms with Crippen LogP contribution in [0.1, 0.15) is 16.7 Å². The number of carbonyl (C=O) groups is 1. The summed E-state index contributed by atoms with van der Waals surface area (Å²) < 4.78 is 0. The second-order valence-electron chi connectivity index (χ2n) is 4.66. The van der Waals surface area contributed by atoms with E-state index in [-0.39, 0.29) is 11.5 Å². The average molecular weight is 284 g/mol. The first-order valence-electron chi connectivity index (χ1n) is 6.56. The summed E-state index contributed by atoms with van der Waals surface area (Å²) in [6.07, 6.45) is 3.62. The van der Waals surface area contributed by atoms with Gasteiger partial charge >= 0.3 is 5.97 Å². The van der Waals surface area contributed by atoms with Crippen molar-refractivity contribution in [3.05, 3.63) is 65.2 Å². The van der Waals surface area contributed by atoms with Crippen LogP contribution >= 0.6 is 0 Å². The highest BCUT2D eigenvalue weighted by atomic mass is 16.4. The van der Waals surface area contributed by atoms with Crippen LogP contribution in [0.5, 0.6) is 11.5 Å². The number of carboxylic acid groups (broad SMARTS) is 1. The minimum Gasteiger partial charge on any atom is -0.504 e. The monoisotopic (exact) mass is 284 g/mol. The predicted octanol–water partition coefficient (Wildman–Crippen LogP) is 2.98. The molecule has 0 aromatic heterocycles. The summed E-state index contributed by atoms with van der Waals surface area (Å²) in [6, 6.07) is 12.7. The summed E-state index contributed by atoms with van der Waals surface area (Å²) >= 11 is 0. The lowest BCUT2D eigenvalue weighted by Crippen LogP contribution is -1.96. The van der Waals surface area contributed by atoms with Gasteiger partial charge in [-0.3, -0.25) is 0 Å². The van der Waals surface area contributed by atoms with Gasteiger partial charge in [0.1, 0.15) is 0 Å². The molecule has 108 valence electrons. The highest BCUT2D eigenvalue weighted by Crippen LogP contribution is 2.33. The third kappa shape index (κ3) is 3.86. The second-order valence-corrected chi connectivity index (χ2v) is 4.66. The molecule has 0 bridgehead atoms. The van der Waals surface area contributed by atoms with Crippen LogP contribution in [-0.2, 0) is 17.6 Å². The van der Waals surface area contributed by atoms with E-state index in [0.717, 1.165) is 11.6 Å². The summed E-state index contributed by atoms with van der Waals surface area (Å²) in [6.45, 7) is 0. The standard InChI is InChI=1S/C17H16O4/c18-15-10-7-13(8-11-16(19)20)14(17(15)21)9-6-12-4-2-1-3-5-12/h1-5,7-8,10-11,18,21H,6,9H2,(H,19,20)/b11-8+. The molecule has 2 aromatic carbocycles. The number of hydrogen-bond acceptors (Lipinski definition) is 3. The Morgan fingerprint density at radius 1 is 1.00 bits per heavy atom. The molecule has 21 heavy (non-hydrogen) atoms. The number of rotatable bonds is 5. The van der Waals surface area contributed by atoms with Crippen molar-refractivity contribution < 1.29 is 20.1 Å². The molecule has 0 fully saturated rings. The molecule has 4 heteroatoms. The van der Waals surface area contributed by atoms with Gasteiger partial charge in [0.05, 0.1) is 0 Å². The molecule has 2 rings (SSSR count). The zero-order valence-corrected chi connectivity index (χ0v) is 11.4. The summed E-state index contributed by atoms with van der Waals surface area (Å²) in [4.78, 5) is 10.6. The van der Waals surface area contributed by atoms with Gasteiger partial charge in [-0.2, -0.15) is 0 Å². The Morgan fingerprint density at radius 3 is 2.38 bits per heavy atom. The average Bonchev–Trinajstić information content (AvgIpc) is 2.48. The number of benzene rings is 2. The first-order valence-corrected chi connectivity index (χ1v) is 6.56. The minimum atomic E-state index is -1.06. The number of carboxylic acids is 1. The van der Waals surface area contributed by atoms with Crippen molar-refractivity contribution in [3.63, 3.8) is 0 Å². The van der Waals surface area contributed by atoms with Gasteiger partial charge < -0.3 is 15.3 Å². The SMILES string of the molecule is O=C(O)/C=C/c1ccc(O)c(O)c1CCc1ccccc1. The Morgan fingerprint density at radius 2 is 1.71 bits per heavy atom. The number of aromatic hydroxyl groups is 2. The summed E-state index contributed by atoms with van der Waals surface area (Å²) in [5, 5.41) is 28.3. The predicted molar refractivity (Wildman–Crippen MR) is 80.3 cm³/mol. The van der Waals surface area contributed by atoms with E-state index in [9.17, 15) is 15.0 Å². The Labute approximate surface area is 122 Å². The van der Waals surface area contributed by atoms with Crippen LogP contribution in [-0.4, -0.2) is 21.3 Å². The second kappa shape index (κ2) is 6.61. The van der Waals surface area contributed by atoms with Crippen molar-refractivity contribution in [2.45, 2.75) is 12.8 Å². The van der Waals surface area contributed by atoms with Crippen LogP contribution in [0.2, 0.25) is 0 Å². The summed E-state index contributed by atoms with van der Waals surface area (Å²) in [5.74, 6) is -1.46. The number of aliphatic carboxylic acids is 1. The summed E-state index contributed by atoms with van der Waals surface area (Å²) in [7, 11) is 0. The molecular formula is C17H16O4. The number of phenolic OH excluding ortho intramolecular Hbond substituents is 2. The Hall–Kier alpha value is -2.75. The molecule has 3 N–H and O–H groups in total. The first kappa shape index (κ1) is 14.7. The fraction of sp³-hybridized carbons (Fsp3) is 0.118. The maximum Gasteiger partial charge on any atom is 0.328 e. The lowest BCUT2D eigenvalue weighted by atomic mass is 9.98. The Balaban J connectivity index is 2.27. The van der Waals surface area contributed by atoms with E-state index >= 15 is 0 Å². The topological polar surface area (TPSA) is 77.8 Å². The number of phenols is 2. The van der Waals surface area contributed by atoms with Crippen molar-refractivity contribution >= 4 is 12.0 Å². The highest BCUT2D eigenvalue weighted by Gasteiger charge is 2.11. The minimum absolute atomic E-state index is 0.196. The van der Waals surface area contributed by atoms with Crippen molar-refractivity contribution in [2.75, 3.05) is 0 Å². The number of hydrogen-bond donors (Lipinski definition) is 3. The first-order chi connectivity index (χ1) is 10.1. The molecular weight excluding hydrogens is 268 g/mol. The smallest absolute Gasteiger partial charge is 0.328 e. The van der Waals surface area contributed by atoms with E-state index in [0.29, 0.717) is 24.0 Å². The van der Waals surface area contributed by atoms with Crippen molar-refractivity contribution in [3.8, 4) is 11.5 Å². The molecule has 0 aliphatic heterocycles. The molecule has 0 spiro atoms. The van der Waals surface area contributed by atoms with Crippen LogP contribution < -0.4 is 0 Å². The fourth-order valence-corrected chi connectivity index (χ4v) is 2.13. The van der Waals surface area contributed by atoms with Crippen LogP contribution in [0.15, 0.2) is 48.5 Å². The fourth-order valence-electron chi connectivity index (χ4n) is 2.13. The van der Waals surface area contributed by atoms with E-state index in [1.165, 1.54) is 12.1 Å². The molecule has 0 heterocycles. The van der Waals surface area contributed by atoms with Crippen LogP contribution in [0.25, 0.3) is 6.08 Å². The molecule has 0 aliphatic rings. The van der Waals surface area contributed by atoms with Crippen LogP contribution in [0.3, 0.4) is 0 Å². The molecule has 0 atom stereocenters. The lowest BCUT2D eigenvalue weighted by molar-refractivity contribution is -0.131. The highest BCUT2D eigenvalue weighted by molar-refractivity contribution is 5.85. The van der Waals surface area contributed by atoms with Crippen molar-refractivity contribution in [2.24, 2.45) is 0 Å². The van der Waals surface area contributed by atoms with Gasteiger partial charge in [0, 0.05) is 11.6 Å². The Bertz CT molecular complexity index is 660. The van der Waals surface area contributed by atoms with Gasteiger partial charge in [0.25, 0.3) is 0 Å². The molecule has 4 nitrogen and oxygen atoms in total. The quantitative estimate of drug-likeness (QED) is 0.582. The van der Waals surface area contributed by atoms with E-state index in [1.807, 2.05) is 30.3 Å². The molecule has 0 amide bonds. The molecule has 0 saturated carbocycles. The molecule has 0 radical (unpaired) electrons. The van der Waals surface area contributed by atoms with E-state index in [4.69, 9.17) is 5.11 Å². The normalized spacial score (nSPS) is 10.9. The largest absolute Gasteiger partial charge is 0.504 e. The zero-order chi connectivity index (χ0) is 15.2. The Kier molecular flexibility index (Phi) is 4.61. The van der Waals surface area contributed by atoms with Crippen molar-refractivity contribution in [1.29, 1.82) is 0 Å². The van der Waals surface area contributed by atoms with E-state index in [1.54, 1.807) is 6.07 Å². The lowest BCUT2D eigenvalue weighted by Gasteiger charge is -2.10. The third-order valence-electron chi connectivity index (χ3n) is 3.21. The maximum atomic E-state index is 10.6.